The van der Waals surface area contributed by atoms with E-state index in [1.54, 1.807) is 7.11 Å². The van der Waals surface area contributed by atoms with Crippen LogP contribution in [-0.4, -0.2) is 41.8 Å². The van der Waals surface area contributed by atoms with Gasteiger partial charge in [-0.05, 0) is 32.5 Å². The third-order valence-corrected chi connectivity index (χ3v) is 3.15. The van der Waals surface area contributed by atoms with E-state index in [1.165, 1.54) is 19.4 Å². The summed E-state index contributed by atoms with van der Waals surface area (Å²) in [6.07, 6.45) is 3.40. The highest BCUT2D eigenvalue weighted by Crippen LogP contribution is 2.21. The third kappa shape index (κ3) is 2.24. The molecule has 0 aromatic carbocycles. The molecule has 0 aliphatic carbocycles. The van der Waals surface area contributed by atoms with Gasteiger partial charge in [-0.1, -0.05) is 0 Å². The van der Waals surface area contributed by atoms with Gasteiger partial charge in [-0.3, -0.25) is 0 Å². The normalized spacial score (nSPS) is 21.2. The number of nitrogens with two attached hydrogens (primary N) is 1. The van der Waals surface area contributed by atoms with Crippen molar-refractivity contribution in [1.29, 1.82) is 0 Å². The first-order chi connectivity index (χ1) is 7.70. The summed E-state index contributed by atoms with van der Waals surface area (Å²) >= 11 is 0. The van der Waals surface area contributed by atoms with Gasteiger partial charge in [0.15, 0.2) is 0 Å². The lowest BCUT2D eigenvalue weighted by Gasteiger charge is -2.18. The fourth-order valence-electron chi connectivity index (χ4n) is 2.17. The molecule has 1 atom stereocenters. The first kappa shape index (κ1) is 11.1. The Labute approximate surface area is 95.6 Å². The molecule has 0 radical (unpaired) electrons. The van der Waals surface area contributed by atoms with E-state index in [9.17, 15) is 0 Å². The SMILES string of the molecule is COc1nnc(CC2CCCN2C)cc1N. The van der Waals surface area contributed by atoms with Crippen LogP contribution in [0.15, 0.2) is 6.07 Å². The standard InChI is InChI=1S/C11H18N4O/c1-15-5-3-4-9(15)6-8-7-10(12)11(16-2)14-13-8/h7,9H,3-6H2,1-2H3,(H2,12,13). The molecule has 1 fully saturated rings. The molecule has 1 aliphatic rings. The fourth-order valence-corrected chi connectivity index (χ4v) is 2.17. The molecule has 0 saturated carbocycles. The molecule has 1 unspecified atom stereocenters. The van der Waals surface area contributed by atoms with Gasteiger partial charge in [0.25, 0.3) is 5.88 Å². The lowest BCUT2D eigenvalue weighted by atomic mass is 10.1. The van der Waals surface area contributed by atoms with Gasteiger partial charge in [0.2, 0.25) is 0 Å². The summed E-state index contributed by atoms with van der Waals surface area (Å²) in [5.41, 5.74) is 7.30. The summed E-state index contributed by atoms with van der Waals surface area (Å²) in [5.74, 6) is 0.406. The van der Waals surface area contributed by atoms with Gasteiger partial charge in [-0.15, -0.1) is 5.10 Å². The first-order valence-electron chi connectivity index (χ1n) is 5.57. The summed E-state index contributed by atoms with van der Waals surface area (Å²) < 4.78 is 4.98. The van der Waals surface area contributed by atoms with Gasteiger partial charge in [0.05, 0.1) is 18.5 Å². The van der Waals surface area contributed by atoms with Crippen molar-refractivity contribution >= 4 is 5.69 Å². The van der Waals surface area contributed by atoms with Crippen molar-refractivity contribution in [1.82, 2.24) is 15.1 Å². The van der Waals surface area contributed by atoms with E-state index in [-0.39, 0.29) is 0 Å². The molecule has 0 bridgehead atoms. The highest BCUT2D eigenvalue weighted by Gasteiger charge is 2.21. The van der Waals surface area contributed by atoms with Crippen LogP contribution in [0.1, 0.15) is 18.5 Å². The van der Waals surface area contributed by atoms with Crippen LogP contribution in [0, 0.1) is 0 Å². The molecular formula is C11H18N4O. The predicted octanol–water partition coefficient (Wildman–Crippen LogP) is 0.704. The van der Waals surface area contributed by atoms with E-state index in [4.69, 9.17) is 10.5 Å². The first-order valence-corrected chi connectivity index (χ1v) is 5.57. The Hall–Kier alpha value is -1.36. The molecule has 1 saturated heterocycles. The number of nitrogen functional groups attached to an aromatic ring is 1. The number of rotatable bonds is 3. The van der Waals surface area contributed by atoms with Crippen LogP contribution >= 0.6 is 0 Å². The maximum atomic E-state index is 5.80. The summed E-state index contributed by atoms with van der Waals surface area (Å²) in [7, 11) is 3.70. The van der Waals surface area contributed by atoms with Crippen molar-refractivity contribution in [2.24, 2.45) is 0 Å². The van der Waals surface area contributed by atoms with Crippen molar-refractivity contribution in [3.8, 4) is 5.88 Å². The van der Waals surface area contributed by atoms with Gasteiger partial charge in [0, 0.05) is 12.5 Å². The van der Waals surface area contributed by atoms with Crippen molar-refractivity contribution in [2.75, 3.05) is 26.4 Å². The Morgan fingerprint density at radius 3 is 2.94 bits per heavy atom. The number of likely N-dealkylation sites (N-methyl/N-ethyl adjacent to an activating group) is 1. The molecule has 5 nitrogen and oxygen atoms in total. The van der Waals surface area contributed by atoms with Crippen LogP contribution in [0.3, 0.4) is 0 Å². The molecular weight excluding hydrogens is 204 g/mol. The summed E-state index contributed by atoms with van der Waals surface area (Å²) in [5, 5.41) is 8.07. The predicted molar refractivity (Wildman–Crippen MR) is 62.4 cm³/mol. The average molecular weight is 222 g/mol. The molecule has 1 aliphatic heterocycles. The van der Waals surface area contributed by atoms with Gasteiger partial charge in [0.1, 0.15) is 0 Å². The number of anilines is 1. The Morgan fingerprint density at radius 1 is 1.56 bits per heavy atom. The third-order valence-electron chi connectivity index (χ3n) is 3.15. The van der Waals surface area contributed by atoms with Gasteiger partial charge in [-0.2, -0.15) is 5.10 Å². The van der Waals surface area contributed by atoms with Crippen molar-refractivity contribution in [3.63, 3.8) is 0 Å². The Morgan fingerprint density at radius 2 is 2.38 bits per heavy atom. The molecule has 0 spiro atoms. The van der Waals surface area contributed by atoms with Crippen molar-refractivity contribution in [2.45, 2.75) is 25.3 Å². The Bertz CT molecular complexity index is 369. The monoisotopic (exact) mass is 222 g/mol. The highest BCUT2D eigenvalue weighted by molar-refractivity contribution is 5.47. The molecule has 16 heavy (non-hydrogen) atoms. The van der Waals surface area contributed by atoms with Crippen molar-refractivity contribution in [3.05, 3.63) is 11.8 Å². The molecule has 0 amide bonds. The van der Waals surface area contributed by atoms with Gasteiger partial charge >= 0.3 is 0 Å². The molecule has 1 aromatic heterocycles. The van der Waals surface area contributed by atoms with Crippen LogP contribution in [-0.2, 0) is 6.42 Å². The molecule has 2 rings (SSSR count). The van der Waals surface area contributed by atoms with E-state index >= 15 is 0 Å². The summed E-state index contributed by atoms with van der Waals surface area (Å²) in [4.78, 5) is 2.36. The lowest BCUT2D eigenvalue weighted by Crippen LogP contribution is -2.27. The topological polar surface area (TPSA) is 64.3 Å². The number of likely N-dealkylation sites (tertiary alicyclic amines) is 1. The minimum Gasteiger partial charge on any atom is -0.478 e. The van der Waals surface area contributed by atoms with Crippen LogP contribution in [0.5, 0.6) is 5.88 Å². The van der Waals surface area contributed by atoms with Crippen LogP contribution < -0.4 is 10.5 Å². The van der Waals surface area contributed by atoms with E-state index in [0.717, 1.165) is 12.1 Å². The number of hydrogen-bond acceptors (Lipinski definition) is 5. The van der Waals surface area contributed by atoms with E-state index in [0.29, 0.717) is 17.6 Å². The molecule has 2 heterocycles. The highest BCUT2D eigenvalue weighted by atomic mass is 16.5. The minimum atomic E-state index is 0.406. The van der Waals surface area contributed by atoms with Crippen LogP contribution in [0.4, 0.5) is 5.69 Å². The Kier molecular flexibility index (Phi) is 3.24. The zero-order valence-electron chi connectivity index (χ0n) is 9.81. The molecule has 5 heteroatoms. The van der Waals surface area contributed by atoms with E-state index in [1.807, 2.05) is 6.07 Å². The van der Waals surface area contributed by atoms with Crippen molar-refractivity contribution < 1.29 is 4.74 Å². The summed E-state index contributed by atoms with van der Waals surface area (Å²) in [6, 6.07) is 2.43. The Balaban J connectivity index is 2.07. The molecule has 88 valence electrons. The van der Waals surface area contributed by atoms with Gasteiger partial charge in [-0.25, -0.2) is 0 Å². The number of methoxy groups -OCH3 is 1. The number of ether oxygens (including phenoxy) is 1. The largest absolute Gasteiger partial charge is 0.478 e. The molecule has 1 aromatic rings. The quantitative estimate of drug-likeness (QED) is 0.815. The maximum absolute atomic E-state index is 5.80. The second-order valence-electron chi connectivity index (χ2n) is 4.28. The number of nitrogens with zero attached hydrogens (tertiary/aromatic N) is 3. The van der Waals surface area contributed by atoms with E-state index in [2.05, 4.69) is 22.1 Å². The van der Waals surface area contributed by atoms with Crippen LogP contribution in [0.2, 0.25) is 0 Å². The second-order valence-corrected chi connectivity index (χ2v) is 4.28. The lowest BCUT2D eigenvalue weighted by molar-refractivity contribution is 0.306. The van der Waals surface area contributed by atoms with Gasteiger partial charge < -0.3 is 15.4 Å². The van der Waals surface area contributed by atoms with Crippen LogP contribution in [0.25, 0.3) is 0 Å². The summed E-state index contributed by atoms with van der Waals surface area (Å²) in [6.45, 7) is 1.17. The average Bonchev–Trinajstić information content (AvgIpc) is 2.65. The maximum Gasteiger partial charge on any atom is 0.256 e. The zero-order valence-corrected chi connectivity index (χ0v) is 9.81. The zero-order chi connectivity index (χ0) is 11.5. The fraction of sp³-hybridized carbons (Fsp3) is 0.636. The minimum absolute atomic E-state index is 0.406. The van der Waals surface area contributed by atoms with E-state index < -0.39 is 0 Å². The molecule has 2 N–H and O–H groups in total. The number of aromatic nitrogens is 2. The number of hydrogen-bond donors (Lipinski definition) is 1. The second kappa shape index (κ2) is 4.65. The smallest absolute Gasteiger partial charge is 0.256 e.